The van der Waals surface area contributed by atoms with E-state index in [1.165, 1.54) is 13.2 Å². The largest absolute Gasteiger partial charge is 0.462 e. The van der Waals surface area contributed by atoms with Gasteiger partial charge in [-0.2, -0.15) is 0 Å². The summed E-state index contributed by atoms with van der Waals surface area (Å²) in [5.74, 6) is -3.33. The third kappa shape index (κ3) is 11.7. The highest BCUT2D eigenvalue weighted by atomic mass is 16.7. The van der Waals surface area contributed by atoms with Crippen LogP contribution in [0.15, 0.2) is 23.8 Å². The van der Waals surface area contributed by atoms with Gasteiger partial charge in [0.25, 0.3) is 0 Å². The number of allylic oxidation sites excluding steroid dienone is 3. The van der Waals surface area contributed by atoms with Crippen LogP contribution in [0.1, 0.15) is 80.6 Å². The molecule has 0 aromatic heterocycles. The predicted octanol–water partition coefficient (Wildman–Crippen LogP) is 2.33. The molecule has 3 aliphatic rings. The molecule has 2 fully saturated rings. The molecular formula is C39H65NO13. The van der Waals surface area contributed by atoms with E-state index in [1.807, 2.05) is 6.92 Å². The quantitative estimate of drug-likeness (QED) is 0.188. The van der Waals surface area contributed by atoms with Crippen molar-refractivity contribution in [1.29, 1.82) is 0 Å². The average molecular weight is 756 g/mol. The minimum Gasteiger partial charge on any atom is -0.462 e. The number of ether oxygens (including phenoxy) is 6. The number of likely N-dealkylation sites (N-methyl/N-ethyl adjacent to an activating group) is 1. The second-order valence-corrected chi connectivity index (χ2v) is 15.7. The molecule has 0 bridgehead atoms. The first-order chi connectivity index (χ1) is 24.9. The SMILES string of the molecule is CC[C@H]1OC(=O)C[C@@H](O)[C@H](C)[C@@H](O[C@@H]2O[C@H](C)C(O[C@H]3CC(C)(O)C(OC)[C@@H](C)O3)C(N(C)C)C2O)[C@@H](CC=O)C[C@@H](C)C(=O)C=CC(C)=C[C@@H]1CO. The summed E-state index contributed by atoms with van der Waals surface area (Å²) < 4.78 is 36.6. The van der Waals surface area contributed by atoms with Crippen LogP contribution in [0.25, 0.3) is 0 Å². The minimum absolute atomic E-state index is 0.0245. The second-order valence-electron chi connectivity index (χ2n) is 15.7. The first-order valence-electron chi connectivity index (χ1n) is 18.9. The molecule has 304 valence electrons. The fourth-order valence-electron chi connectivity index (χ4n) is 8.12. The molecule has 16 atom stereocenters. The molecule has 0 aliphatic carbocycles. The van der Waals surface area contributed by atoms with Gasteiger partial charge in [0, 0.05) is 37.7 Å². The van der Waals surface area contributed by atoms with E-state index >= 15 is 0 Å². The monoisotopic (exact) mass is 755 g/mol. The van der Waals surface area contributed by atoms with Gasteiger partial charge < -0.3 is 58.5 Å². The highest BCUT2D eigenvalue weighted by Crippen LogP contribution is 2.37. The van der Waals surface area contributed by atoms with Crippen LogP contribution < -0.4 is 0 Å². The zero-order valence-electron chi connectivity index (χ0n) is 33.1. The summed E-state index contributed by atoms with van der Waals surface area (Å²) >= 11 is 0. The number of ketones is 1. The Hall–Kier alpha value is -2.11. The van der Waals surface area contributed by atoms with E-state index in [-0.39, 0.29) is 31.7 Å². The molecule has 14 heteroatoms. The summed E-state index contributed by atoms with van der Waals surface area (Å²) in [6.07, 6.45) is -2.86. The smallest absolute Gasteiger partial charge is 0.308 e. The molecule has 5 unspecified atom stereocenters. The number of hydrogen-bond acceptors (Lipinski definition) is 14. The summed E-state index contributed by atoms with van der Waals surface area (Å²) in [7, 11) is 5.07. The maximum atomic E-state index is 13.3. The highest BCUT2D eigenvalue weighted by Gasteiger charge is 2.51. The lowest BCUT2D eigenvalue weighted by molar-refractivity contribution is -0.342. The number of aldehydes is 1. The van der Waals surface area contributed by atoms with Crippen molar-refractivity contribution in [2.75, 3.05) is 27.8 Å². The molecule has 4 N–H and O–H groups in total. The van der Waals surface area contributed by atoms with E-state index in [4.69, 9.17) is 28.4 Å². The lowest BCUT2D eigenvalue weighted by Crippen LogP contribution is -2.65. The van der Waals surface area contributed by atoms with Crippen LogP contribution in [0.2, 0.25) is 0 Å². The third-order valence-electron chi connectivity index (χ3n) is 11.1. The maximum absolute atomic E-state index is 13.3. The van der Waals surface area contributed by atoms with Gasteiger partial charge in [0.2, 0.25) is 0 Å². The normalized spacial score (nSPS) is 42.6. The summed E-state index contributed by atoms with van der Waals surface area (Å²) in [6, 6.07) is -0.689. The molecule has 3 rings (SSSR count). The summed E-state index contributed by atoms with van der Waals surface area (Å²) in [5.41, 5.74) is -0.536. The number of rotatable bonds is 10. The second kappa shape index (κ2) is 20.2. The molecule has 0 aromatic carbocycles. The number of carbonyl (C=O) groups is 3. The van der Waals surface area contributed by atoms with Gasteiger partial charge in [0.15, 0.2) is 18.4 Å². The van der Waals surface area contributed by atoms with Crippen molar-refractivity contribution in [1.82, 2.24) is 4.90 Å². The van der Waals surface area contributed by atoms with E-state index in [0.717, 1.165) is 6.29 Å². The van der Waals surface area contributed by atoms with Gasteiger partial charge >= 0.3 is 5.97 Å². The minimum atomic E-state index is -1.30. The Morgan fingerprint density at radius 3 is 2.28 bits per heavy atom. The van der Waals surface area contributed by atoms with Gasteiger partial charge in [-0.1, -0.05) is 38.5 Å². The number of aliphatic hydroxyl groups excluding tert-OH is 3. The van der Waals surface area contributed by atoms with E-state index < -0.39 is 109 Å². The molecule has 14 nitrogen and oxygen atoms in total. The van der Waals surface area contributed by atoms with Crippen molar-refractivity contribution in [3.05, 3.63) is 23.8 Å². The van der Waals surface area contributed by atoms with Crippen molar-refractivity contribution >= 4 is 18.0 Å². The van der Waals surface area contributed by atoms with Crippen LogP contribution in [0.4, 0.5) is 0 Å². The van der Waals surface area contributed by atoms with E-state index in [2.05, 4.69) is 0 Å². The van der Waals surface area contributed by atoms with E-state index in [9.17, 15) is 34.8 Å². The zero-order chi connectivity index (χ0) is 39.8. The molecule has 0 radical (unpaired) electrons. The summed E-state index contributed by atoms with van der Waals surface area (Å²) in [4.78, 5) is 40.4. The zero-order valence-corrected chi connectivity index (χ0v) is 33.1. The fourth-order valence-corrected chi connectivity index (χ4v) is 8.12. The highest BCUT2D eigenvalue weighted by molar-refractivity contribution is 5.91. The number of esters is 1. The van der Waals surface area contributed by atoms with Gasteiger partial charge in [-0.15, -0.1) is 0 Å². The lowest BCUT2D eigenvalue weighted by atomic mass is 9.79. The van der Waals surface area contributed by atoms with Crippen molar-refractivity contribution < 1.29 is 63.2 Å². The van der Waals surface area contributed by atoms with Gasteiger partial charge in [0.05, 0.1) is 49.1 Å². The number of aliphatic hydroxyl groups is 4. The third-order valence-corrected chi connectivity index (χ3v) is 11.1. The number of carbonyl (C=O) groups excluding carboxylic acids is 3. The number of nitrogens with zero attached hydrogens (tertiary/aromatic N) is 1. The van der Waals surface area contributed by atoms with E-state index in [0.29, 0.717) is 12.0 Å². The summed E-state index contributed by atoms with van der Waals surface area (Å²) in [6.45, 7) is 12.0. The average Bonchev–Trinajstić information content (AvgIpc) is 3.07. The standard InChI is InChI=1S/C39H65NO13/c1-11-30-27(20-42)16-21(2)12-13-28(43)22(3)17-26(14-15-41)35(23(4)29(44)18-31(45)51-30)53-38-34(46)33(40(8)9)36(24(5)50-38)52-32-19-39(7,47)37(48-10)25(6)49-32/h12-13,15-16,22-27,29-30,32-38,42,44,46-47H,11,14,17-20H2,1-10H3/t22-,23+,24-,25-,26+,27-,29-,30-,32+,33?,34?,35-,36?,37?,38+,39?/m1/s1. The molecule has 0 aromatic rings. The van der Waals surface area contributed by atoms with Crippen LogP contribution in [-0.2, 0) is 42.8 Å². The maximum Gasteiger partial charge on any atom is 0.308 e. The Bertz CT molecular complexity index is 1260. The first kappa shape index (κ1) is 45.3. The molecular weight excluding hydrogens is 690 g/mol. The Morgan fingerprint density at radius 1 is 1.04 bits per heavy atom. The molecule has 0 amide bonds. The Kier molecular flexibility index (Phi) is 17.2. The predicted molar refractivity (Wildman–Crippen MR) is 194 cm³/mol. The van der Waals surface area contributed by atoms with Crippen LogP contribution in [0.3, 0.4) is 0 Å². The molecule has 53 heavy (non-hydrogen) atoms. The van der Waals surface area contributed by atoms with Crippen molar-refractivity contribution in [2.45, 2.75) is 154 Å². The van der Waals surface area contributed by atoms with E-state index in [1.54, 1.807) is 72.7 Å². The molecule has 2 saturated heterocycles. The Balaban J connectivity index is 1.95. The van der Waals surface area contributed by atoms with Crippen LogP contribution in [0.5, 0.6) is 0 Å². The number of hydrogen-bond donors (Lipinski definition) is 4. The van der Waals surface area contributed by atoms with Crippen LogP contribution in [-0.4, -0.2) is 144 Å². The molecule has 3 heterocycles. The van der Waals surface area contributed by atoms with Crippen LogP contribution in [0, 0.1) is 23.7 Å². The van der Waals surface area contributed by atoms with Crippen molar-refractivity contribution in [2.24, 2.45) is 23.7 Å². The topological polar surface area (TPSA) is 191 Å². The Labute approximate surface area is 314 Å². The van der Waals surface area contributed by atoms with Crippen molar-refractivity contribution in [3.63, 3.8) is 0 Å². The molecule has 3 aliphatic heterocycles. The summed E-state index contributed by atoms with van der Waals surface area (Å²) in [5, 5.41) is 44.6. The van der Waals surface area contributed by atoms with Gasteiger partial charge in [-0.25, -0.2) is 0 Å². The van der Waals surface area contributed by atoms with Crippen LogP contribution >= 0.6 is 0 Å². The fraction of sp³-hybridized carbons (Fsp3) is 0.821. The lowest BCUT2D eigenvalue weighted by Gasteiger charge is -2.50. The van der Waals surface area contributed by atoms with Gasteiger partial charge in [-0.05, 0) is 66.6 Å². The number of cyclic esters (lactones) is 1. The van der Waals surface area contributed by atoms with Crippen molar-refractivity contribution in [3.8, 4) is 0 Å². The molecule has 0 spiro atoms. The first-order valence-corrected chi connectivity index (χ1v) is 18.9. The molecule has 0 saturated carbocycles. The van der Waals surface area contributed by atoms with Gasteiger partial charge in [0.1, 0.15) is 30.7 Å². The number of methoxy groups -OCH3 is 1. The van der Waals surface area contributed by atoms with Gasteiger partial charge in [-0.3, -0.25) is 9.59 Å². The Morgan fingerprint density at radius 2 is 1.72 bits per heavy atom.